The van der Waals surface area contributed by atoms with Crippen molar-refractivity contribution in [1.82, 2.24) is 0 Å². The SMILES string of the molecule is CC(C)(C)c1ccc2c(c1)Cc1c3c4c(c5ccccc15)Oc1c5c(cc6ccccc16)Oc1c(c(cc6ccccc16)N23)P54. The quantitative estimate of drug-likeness (QED) is 0.162. The molecule has 0 saturated carbocycles. The number of ether oxygens (including phenoxy) is 2. The first kappa shape index (κ1) is 24.5. The monoisotopic (exact) mass is 597 g/mol. The molecule has 1 unspecified atom stereocenters. The van der Waals surface area contributed by atoms with Crippen LogP contribution in [0.25, 0.3) is 32.3 Å². The van der Waals surface area contributed by atoms with Gasteiger partial charge >= 0.3 is 0 Å². The number of rotatable bonds is 0. The van der Waals surface area contributed by atoms with Gasteiger partial charge in [-0.05, 0) is 56.5 Å². The molecule has 7 aromatic rings. The smallest absolute Gasteiger partial charge is 0.147 e. The summed E-state index contributed by atoms with van der Waals surface area (Å²) in [6.45, 7) is 6.91. The van der Waals surface area contributed by atoms with Gasteiger partial charge in [0.1, 0.15) is 23.0 Å². The van der Waals surface area contributed by atoms with Gasteiger partial charge in [-0.3, -0.25) is 0 Å². The molecule has 0 fully saturated rings. The summed E-state index contributed by atoms with van der Waals surface area (Å²) in [7, 11) is -0.944. The van der Waals surface area contributed by atoms with Crippen LogP contribution in [0.3, 0.4) is 0 Å². The molecule has 11 rings (SSSR count). The maximum atomic E-state index is 7.20. The minimum Gasteiger partial charge on any atom is -0.455 e. The lowest BCUT2D eigenvalue weighted by Crippen LogP contribution is -2.42. The summed E-state index contributed by atoms with van der Waals surface area (Å²) in [4.78, 5) is 2.56. The molecule has 3 nitrogen and oxygen atoms in total. The summed E-state index contributed by atoms with van der Waals surface area (Å²) >= 11 is 0. The zero-order valence-corrected chi connectivity index (χ0v) is 26.1. The molecule has 4 heteroatoms. The molecule has 4 aliphatic rings. The Morgan fingerprint density at radius 3 is 2.00 bits per heavy atom. The molecule has 4 heterocycles. The van der Waals surface area contributed by atoms with E-state index in [9.17, 15) is 0 Å². The number of hydrogen-bond acceptors (Lipinski definition) is 3. The van der Waals surface area contributed by atoms with E-state index in [2.05, 4.69) is 129 Å². The van der Waals surface area contributed by atoms with Crippen LogP contribution in [0.15, 0.2) is 103 Å². The molecule has 0 amide bonds. The molecule has 7 aromatic carbocycles. The Kier molecular flexibility index (Phi) is 4.38. The molecule has 1 atom stereocenters. The van der Waals surface area contributed by atoms with Crippen LogP contribution in [0.1, 0.15) is 37.5 Å². The molecule has 0 aliphatic carbocycles. The van der Waals surface area contributed by atoms with Crippen molar-refractivity contribution in [2.45, 2.75) is 32.6 Å². The number of benzene rings is 7. The van der Waals surface area contributed by atoms with Gasteiger partial charge in [-0.15, -0.1) is 0 Å². The van der Waals surface area contributed by atoms with E-state index < -0.39 is 7.92 Å². The number of anilines is 3. The van der Waals surface area contributed by atoms with Crippen molar-refractivity contribution in [1.29, 1.82) is 0 Å². The Bertz CT molecular complexity index is 2520. The topological polar surface area (TPSA) is 21.7 Å². The third-order valence-corrected chi connectivity index (χ3v) is 12.8. The summed E-state index contributed by atoms with van der Waals surface area (Å²) in [6, 6.07) is 38.0. The lowest BCUT2D eigenvalue weighted by atomic mass is 9.83. The van der Waals surface area contributed by atoms with Crippen LogP contribution >= 0.6 is 7.92 Å². The van der Waals surface area contributed by atoms with Crippen molar-refractivity contribution < 1.29 is 9.47 Å². The highest BCUT2D eigenvalue weighted by Gasteiger charge is 2.49. The van der Waals surface area contributed by atoms with Crippen molar-refractivity contribution in [3.8, 4) is 23.0 Å². The molecule has 0 radical (unpaired) electrons. The normalized spacial score (nSPS) is 16.3. The van der Waals surface area contributed by atoms with Gasteiger partial charge in [-0.1, -0.05) is 106 Å². The average molecular weight is 598 g/mol. The molecule has 4 aliphatic heterocycles. The van der Waals surface area contributed by atoms with Gasteiger partial charge in [-0.25, -0.2) is 0 Å². The summed E-state index contributed by atoms with van der Waals surface area (Å²) in [6.07, 6.45) is 0.895. The predicted molar refractivity (Wildman–Crippen MR) is 188 cm³/mol. The molecular formula is C41H28NO2P. The van der Waals surface area contributed by atoms with Crippen molar-refractivity contribution in [3.63, 3.8) is 0 Å². The van der Waals surface area contributed by atoms with Crippen molar-refractivity contribution >= 4 is 73.2 Å². The summed E-state index contributed by atoms with van der Waals surface area (Å²) < 4.78 is 14.3. The van der Waals surface area contributed by atoms with Gasteiger partial charge in [-0.2, -0.15) is 0 Å². The second-order valence-electron chi connectivity index (χ2n) is 13.8. The van der Waals surface area contributed by atoms with E-state index in [1.54, 1.807) is 0 Å². The average Bonchev–Trinajstić information content (AvgIpc) is 3.06. The van der Waals surface area contributed by atoms with Crippen LogP contribution in [0.4, 0.5) is 17.1 Å². The Balaban J connectivity index is 1.35. The number of nitrogens with zero attached hydrogens (tertiary/aromatic N) is 1. The van der Waals surface area contributed by atoms with Gasteiger partial charge in [0, 0.05) is 36.2 Å². The van der Waals surface area contributed by atoms with Crippen LogP contribution in [-0.4, -0.2) is 0 Å². The molecule has 0 spiro atoms. The molecule has 0 bridgehead atoms. The van der Waals surface area contributed by atoms with Crippen LogP contribution in [0.2, 0.25) is 0 Å². The van der Waals surface area contributed by atoms with Crippen molar-refractivity contribution in [3.05, 3.63) is 120 Å². The van der Waals surface area contributed by atoms with E-state index in [1.165, 1.54) is 65.8 Å². The Labute approximate surface area is 262 Å². The molecule has 0 aromatic heterocycles. The Hall–Kier alpha value is -4.85. The molecule has 214 valence electrons. The molecular weight excluding hydrogens is 569 g/mol. The minimum absolute atomic E-state index is 0.0656. The van der Waals surface area contributed by atoms with Crippen molar-refractivity contribution in [2.75, 3.05) is 4.90 Å². The van der Waals surface area contributed by atoms with E-state index in [4.69, 9.17) is 9.47 Å². The third-order valence-electron chi connectivity index (χ3n) is 10.2. The van der Waals surface area contributed by atoms with Gasteiger partial charge in [0.2, 0.25) is 0 Å². The van der Waals surface area contributed by atoms with E-state index >= 15 is 0 Å². The third kappa shape index (κ3) is 2.96. The zero-order chi connectivity index (χ0) is 29.8. The lowest BCUT2D eigenvalue weighted by molar-refractivity contribution is 0.475. The van der Waals surface area contributed by atoms with Crippen LogP contribution in [0.5, 0.6) is 23.0 Å². The van der Waals surface area contributed by atoms with Crippen LogP contribution in [0, 0.1) is 0 Å². The zero-order valence-electron chi connectivity index (χ0n) is 25.2. The first-order valence-electron chi connectivity index (χ1n) is 15.7. The fourth-order valence-electron chi connectivity index (χ4n) is 8.15. The predicted octanol–water partition coefficient (Wildman–Crippen LogP) is 10.1. The second-order valence-corrected chi connectivity index (χ2v) is 15.8. The highest BCUT2D eigenvalue weighted by atomic mass is 31.1. The van der Waals surface area contributed by atoms with E-state index in [0.29, 0.717) is 0 Å². The van der Waals surface area contributed by atoms with Gasteiger partial charge in [0.25, 0.3) is 0 Å². The van der Waals surface area contributed by atoms with E-state index in [0.717, 1.165) is 45.6 Å². The fraction of sp³-hybridized carbons (Fsp3) is 0.122. The largest absolute Gasteiger partial charge is 0.455 e. The van der Waals surface area contributed by atoms with Gasteiger partial charge < -0.3 is 14.4 Å². The molecule has 0 saturated heterocycles. The Morgan fingerprint density at radius 2 is 1.24 bits per heavy atom. The summed E-state index contributed by atoms with van der Waals surface area (Å²) in [5, 5.41) is 11.0. The maximum Gasteiger partial charge on any atom is 0.147 e. The second kappa shape index (κ2) is 8.05. The van der Waals surface area contributed by atoms with Crippen LogP contribution < -0.4 is 30.3 Å². The molecule has 0 N–H and O–H groups in total. The van der Waals surface area contributed by atoms with Gasteiger partial charge in [0.15, 0.2) is 0 Å². The standard InChI is InChI=1S/C41H28NO2P/c1-41(2,3)25-16-17-31-24(18-25)19-30-28-14-8-9-15-29(28)37-40-34(30)42(31)32-20-22-10-4-6-12-26(22)35-38(32)45(40)39-33(43-35)21-23-11-5-7-13-27(23)36(39)44-37/h4-18,20-21H,19H2,1-3H3. The fourth-order valence-corrected chi connectivity index (χ4v) is 11.1. The maximum absolute atomic E-state index is 7.20. The Morgan fingerprint density at radius 1 is 0.600 bits per heavy atom. The molecule has 45 heavy (non-hydrogen) atoms. The van der Waals surface area contributed by atoms with Gasteiger partial charge in [0.05, 0.1) is 27.3 Å². The van der Waals surface area contributed by atoms with Crippen LogP contribution in [-0.2, 0) is 11.8 Å². The van der Waals surface area contributed by atoms with E-state index in [1.807, 2.05) is 0 Å². The number of hydrogen-bond donors (Lipinski definition) is 0. The summed E-state index contributed by atoms with van der Waals surface area (Å²) in [5.74, 6) is 3.89. The first-order chi connectivity index (χ1) is 22.0. The minimum atomic E-state index is -0.944. The first-order valence-corrected chi connectivity index (χ1v) is 17.1. The van der Waals surface area contributed by atoms with E-state index in [-0.39, 0.29) is 5.41 Å². The lowest BCUT2D eigenvalue weighted by Gasteiger charge is -2.47. The van der Waals surface area contributed by atoms with Crippen molar-refractivity contribution in [2.24, 2.45) is 0 Å². The number of fused-ring (bicyclic) bond motifs is 10. The summed E-state index contributed by atoms with van der Waals surface area (Å²) in [5.41, 5.74) is 8.00. The highest BCUT2D eigenvalue weighted by molar-refractivity contribution is 7.81. The highest BCUT2D eigenvalue weighted by Crippen LogP contribution is 2.65.